The number of anilines is 1. The van der Waals surface area contributed by atoms with Crippen LogP contribution in [0.2, 0.25) is 0 Å². The average Bonchev–Trinajstić information content (AvgIpc) is 2.92. The fourth-order valence-corrected chi connectivity index (χ4v) is 4.63. The summed E-state index contributed by atoms with van der Waals surface area (Å²) in [5.74, 6) is -1.83. The number of carbonyl (C=O) groups is 2. The van der Waals surface area contributed by atoms with Crippen molar-refractivity contribution < 1.29 is 18.7 Å². The third-order valence-electron chi connectivity index (χ3n) is 6.73. The molecule has 2 amide bonds. The van der Waals surface area contributed by atoms with Gasteiger partial charge in [-0.15, -0.1) is 0 Å². The second-order valence-corrected chi connectivity index (χ2v) is 10.9. The number of nitrogens with one attached hydrogen (secondary N) is 2. The van der Waals surface area contributed by atoms with E-state index in [0.717, 1.165) is 11.1 Å². The summed E-state index contributed by atoms with van der Waals surface area (Å²) in [5, 5.41) is 5.49. The molecular weight excluding hydrogens is 521 g/mol. The maximum atomic E-state index is 15.3. The van der Waals surface area contributed by atoms with Gasteiger partial charge in [0.1, 0.15) is 5.82 Å². The number of ether oxygens (including phenoxy) is 1. The van der Waals surface area contributed by atoms with Crippen molar-refractivity contribution in [2.45, 2.75) is 45.3 Å². The molecule has 0 saturated carbocycles. The average molecular weight is 556 g/mol. The Hall–Kier alpha value is -4.72. The molecule has 4 rings (SSSR count). The van der Waals surface area contributed by atoms with Gasteiger partial charge in [-0.25, -0.2) is 9.18 Å². The zero-order valence-corrected chi connectivity index (χ0v) is 23.8. The van der Waals surface area contributed by atoms with E-state index in [4.69, 9.17) is 4.74 Å². The van der Waals surface area contributed by atoms with E-state index in [1.165, 1.54) is 16.7 Å². The smallest absolute Gasteiger partial charge is 0.408 e. The molecule has 0 radical (unpaired) electrons. The van der Waals surface area contributed by atoms with Gasteiger partial charge in [-0.1, -0.05) is 60.7 Å². The lowest BCUT2D eigenvalue weighted by Crippen LogP contribution is -2.46. The number of nitrogens with zero attached hydrogens (tertiary/aromatic N) is 1. The Bertz CT molecular complexity index is 1560. The molecule has 0 aliphatic carbocycles. The first-order chi connectivity index (χ1) is 19.4. The number of alkyl carbamates (subject to hydrolysis) is 1. The predicted molar refractivity (Wildman–Crippen MR) is 158 cm³/mol. The second-order valence-electron chi connectivity index (χ2n) is 10.9. The van der Waals surface area contributed by atoms with Gasteiger partial charge in [0.2, 0.25) is 5.56 Å². The minimum absolute atomic E-state index is 0.191. The van der Waals surface area contributed by atoms with Gasteiger partial charge >= 0.3 is 6.09 Å². The van der Waals surface area contributed by atoms with Crippen LogP contribution < -0.4 is 16.2 Å². The number of pyridine rings is 1. The first-order valence-electron chi connectivity index (χ1n) is 13.3. The lowest BCUT2D eigenvalue weighted by molar-refractivity contribution is -0.125. The van der Waals surface area contributed by atoms with Gasteiger partial charge in [0.05, 0.1) is 5.92 Å². The van der Waals surface area contributed by atoms with E-state index >= 15 is 4.39 Å². The molecule has 0 aliphatic rings. The zero-order chi connectivity index (χ0) is 29.7. The van der Waals surface area contributed by atoms with E-state index in [-0.39, 0.29) is 11.2 Å². The van der Waals surface area contributed by atoms with Gasteiger partial charge in [0.15, 0.2) is 6.10 Å². The number of halogens is 1. The zero-order valence-electron chi connectivity index (χ0n) is 23.8. The number of amides is 2. The Morgan fingerprint density at radius 2 is 1.41 bits per heavy atom. The number of hydrogen-bond donors (Lipinski definition) is 2. The number of hydrogen-bond acceptors (Lipinski definition) is 4. The molecule has 7 nitrogen and oxygen atoms in total. The first kappa shape index (κ1) is 29.3. The lowest BCUT2D eigenvalue weighted by atomic mass is 9.86. The van der Waals surface area contributed by atoms with Crippen molar-refractivity contribution in [2.75, 3.05) is 5.32 Å². The molecule has 1 aromatic heterocycles. The molecule has 4 aromatic rings. The van der Waals surface area contributed by atoms with Crippen molar-refractivity contribution in [1.82, 2.24) is 9.88 Å². The Labute approximate surface area is 239 Å². The summed E-state index contributed by atoms with van der Waals surface area (Å²) in [6.07, 6.45) is -2.03. The molecule has 1 heterocycles. The highest BCUT2D eigenvalue weighted by Crippen LogP contribution is 2.32. The van der Waals surface area contributed by atoms with Crippen molar-refractivity contribution in [3.05, 3.63) is 124 Å². The molecule has 0 spiro atoms. The van der Waals surface area contributed by atoms with Crippen LogP contribution in [0.4, 0.5) is 14.9 Å². The standard InChI is InChI=1S/C33H34FN3O4/c1-21-25(18-19-28(38)37(21)5)26-17-16-24(20-27(26)34)35-31(39)30(41-32(40)36-33(2,3)4)29(22-12-8-6-9-13-22)23-14-10-7-11-15-23/h6-20,29-30H,1-5H3,(H,35,39)(H,36,40)/t30-/m0/s1. The molecule has 0 saturated heterocycles. The maximum absolute atomic E-state index is 15.3. The largest absolute Gasteiger partial charge is 0.435 e. The summed E-state index contributed by atoms with van der Waals surface area (Å²) in [5.41, 5.74) is 2.43. The minimum Gasteiger partial charge on any atom is -0.435 e. The summed E-state index contributed by atoms with van der Waals surface area (Å²) in [4.78, 5) is 38.7. The molecule has 0 bridgehead atoms. The quantitative estimate of drug-likeness (QED) is 0.286. The molecule has 41 heavy (non-hydrogen) atoms. The molecular formula is C33H34FN3O4. The molecule has 0 fully saturated rings. The van der Waals surface area contributed by atoms with Crippen molar-refractivity contribution in [3.8, 4) is 11.1 Å². The van der Waals surface area contributed by atoms with E-state index in [9.17, 15) is 14.4 Å². The SMILES string of the molecule is Cc1c(-c2ccc(NC(=O)[C@@H](OC(=O)NC(C)(C)C)C(c3ccccc3)c3ccccc3)cc2F)ccc(=O)n1C. The van der Waals surface area contributed by atoms with Crippen molar-refractivity contribution in [2.24, 2.45) is 7.05 Å². The van der Waals surface area contributed by atoms with Gasteiger partial charge in [-0.05, 0) is 63.1 Å². The predicted octanol–water partition coefficient (Wildman–Crippen LogP) is 6.16. The lowest BCUT2D eigenvalue weighted by Gasteiger charge is -2.29. The highest BCUT2D eigenvalue weighted by molar-refractivity contribution is 5.96. The normalized spacial score (nSPS) is 12.1. The van der Waals surface area contributed by atoms with Crippen molar-refractivity contribution in [1.29, 1.82) is 0 Å². The molecule has 0 unspecified atom stereocenters. The van der Waals surface area contributed by atoms with Crippen LogP contribution in [0, 0.1) is 12.7 Å². The Morgan fingerprint density at radius 3 is 1.95 bits per heavy atom. The fourth-order valence-electron chi connectivity index (χ4n) is 4.63. The number of rotatable bonds is 7. The van der Waals surface area contributed by atoms with Crippen LogP contribution in [0.3, 0.4) is 0 Å². The first-order valence-corrected chi connectivity index (χ1v) is 13.3. The number of carbonyl (C=O) groups excluding carboxylic acids is 2. The van der Waals surface area contributed by atoms with Crippen LogP contribution in [0.1, 0.15) is 43.5 Å². The summed E-state index contributed by atoms with van der Waals surface area (Å²) in [6.45, 7) is 7.17. The van der Waals surface area contributed by atoms with Gasteiger partial charge in [-0.2, -0.15) is 0 Å². The highest BCUT2D eigenvalue weighted by atomic mass is 19.1. The van der Waals surface area contributed by atoms with E-state index in [2.05, 4.69) is 10.6 Å². The van der Waals surface area contributed by atoms with Gasteiger partial charge in [-0.3, -0.25) is 9.59 Å². The van der Waals surface area contributed by atoms with E-state index in [1.54, 1.807) is 32.2 Å². The third-order valence-corrected chi connectivity index (χ3v) is 6.73. The highest BCUT2D eigenvalue weighted by Gasteiger charge is 2.35. The Balaban J connectivity index is 1.70. The van der Waals surface area contributed by atoms with Crippen LogP contribution in [-0.2, 0) is 16.6 Å². The summed E-state index contributed by atoms with van der Waals surface area (Å²) >= 11 is 0. The molecule has 212 valence electrons. The van der Waals surface area contributed by atoms with Crippen molar-refractivity contribution >= 4 is 17.7 Å². The third kappa shape index (κ3) is 7.08. The molecule has 0 aliphatic heterocycles. The van der Waals surface area contributed by atoms with E-state index in [0.29, 0.717) is 16.8 Å². The molecule has 1 atom stereocenters. The van der Waals surface area contributed by atoms with Gasteiger partial charge in [0.25, 0.3) is 5.91 Å². The number of aromatic nitrogens is 1. The minimum atomic E-state index is -1.28. The fraction of sp³-hybridized carbons (Fsp3) is 0.242. The van der Waals surface area contributed by atoms with Crippen LogP contribution in [0.5, 0.6) is 0 Å². The monoisotopic (exact) mass is 555 g/mol. The van der Waals surface area contributed by atoms with Gasteiger partial charge in [0, 0.05) is 41.2 Å². The topological polar surface area (TPSA) is 89.4 Å². The van der Waals surface area contributed by atoms with Gasteiger partial charge < -0.3 is 19.9 Å². The second kappa shape index (κ2) is 12.2. The van der Waals surface area contributed by atoms with E-state index < -0.39 is 35.4 Å². The molecule has 8 heteroatoms. The van der Waals surface area contributed by atoms with Crippen LogP contribution in [0.15, 0.2) is 95.8 Å². The summed E-state index contributed by atoms with van der Waals surface area (Å²) in [6, 6.07) is 25.9. The number of benzene rings is 3. The Kier molecular flexibility index (Phi) is 8.71. The van der Waals surface area contributed by atoms with E-state index in [1.807, 2.05) is 81.4 Å². The molecule has 2 N–H and O–H groups in total. The van der Waals surface area contributed by atoms with Crippen LogP contribution in [-0.4, -0.2) is 28.2 Å². The van der Waals surface area contributed by atoms with Crippen molar-refractivity contribution in [3.63, 3.8) is 0 Å². The summed E-state index contributed by atoms with van der Waals surface area (Å²) < 4.78 is 22.6. The van der Waals surface area contributed by atoms with Crippen LogP contribution >= 0.6 is 0 Å². The summed E-state index contributed by atoms with van der Waals surface area (Å²) in [7, 11) is 1.62. The maximum Gasteiger partial charge on any atom is 0.408 e. The molecule has 3 aromatic carbocycles. The Morgan fingerprint density at radius 1 is 0.854 bits per heavy atom. The van der Waals surface area contributed by atoms with Crippen LogP contribution in [0.25, 0.3) is 11.1 Å².